The van der Waals surface area contributed by atoms with Crippen LogP contribution < -0.4 is 10.9 Å². The molecule has 168 valence electrons. The van der Waals surface area contributed by atoms with Crippen LogP contribution in [0.15, 0.2) is 53.8 Å². The van der Waals surface area contributed by atoms with Gasteiger partial charge in [0.1, 0.15) is 5.65 Å². The van der Waals surface area contributed by atoms with Crippen molar-refractivity contribution in [2.45, 2.75) is 39.3 Å². The van der Waals surface area contributed by atoms with Gasteiger partial charge in [-0.05, 0) is 49.9 Å². The van der Waals surface area contributed by atoms with Crippen molar-refractivity contribution < 1.29 is 4.74 Å². The second kappa shape index (κ2) is 9.07. The summed E-state index contributed by atoms with van der Waals surface area (Å²) in [5.41, 5.74) is 4.88. The van der Waals surface area contributed by atoms with E-state index in [1.54, 1.807) is 29.4 Å². The number of hydrogen-bond donors (Lipinski definition) is 1. The molecule has 0 saturated carbocycles. The van der Waals surface area contributed by atoms with Gasteiger partial charge < -0.3 is 10.1 Å². The second-order valence-electron chi connectivity index (χ2n) is 8.23. The average molecular weight is 443 g/mol. The van der Waals surface area contributed by atoms with Crippen LogP contribution in [0.4, 0.5) is 5.95 Å². The fourth-order valence-electron chi connectivity index (χ4n) is 4.31. The zero-order valence-corrected chi connectivity index (χ0v) is 18.8. The monoisotopic (exact) mass is 442 g/mol. The van der Waals surface area contributed by atoms with Crippen molar-refractivity contribution in [2.75, 3.05) is 18.5 Å². The quantitative estimate of drug-likeness (QED) is 0.502. The van der Waals surface area contributed by atoms with Gasteiger partial charge in [-0.1, -0.05) is 12.1 Å². The van der Waals surface area contributed by atoms with Gasteiger partial charge in [-0.2, -0.15) is 4.98 Å². The highest BCUT2D eigenvalue weighted by molar-refractivity contribution is 5.83. The Morgan fingerprint density at radius 2 is 1.94 bits per heavy atom. The topological polar surface area (TPSA) is 94.8 Å². The molecule has 4 aromatic rings. The molecule has 1 N–H and O–H groups in total. The largest absolute Gasteiger partial charge is 0.381 e. The van der Waals surface area contributed by atoms with Crippen LogP contribution in [0.2, 0.25) is 0 Å². The fraction of sp³-hybridized carbons (Fsp3) is 0.320. The number of benzene rings is 1. The van der Waals surface area contributed by atoms with Crippen LogP contribution in [0.5, 0.6) is 0 Å². The number of aryl methyl sites for hydroxylation is 2. The van der Waals surface area contributed by atoms with Crippen molar-refractivity contribution >= 4 is 17.0 Å². The zero-order valence-electron chi connectivity index (χ0n) is 18.8. The Labute approximate surface area is 191 Å². The highest BCUT2D eigenvalue weighted by Crippen LogP contribution is 2.27. The average Bonchev–Trinajstić information content (AvgIpc) is 2.85. The van der Waals surface area contributed by atoms with Crippen molar-refractivity contribution in [3.63, 3.8) is 0 Å². The minimum atomic E-state index is -0.0592. The third-order valence-electron chi connectivity index (χ3n) is 6.07. The van der Waals surface area contributed by atoms with Gasteiger partial charge in [0.25, 0.3) is 5.56 Å². The molecule has 1 saturated heterocycles. The van der Waals surface area contributed by atoms with Crippen molar-refractivity contribution in [3.8, 4) is 22.4 Å². The first kappa shape index (κ1) is 21.2. The summed E-state index contributed by atoms with van der Waals surface area (Å²) in [6.45, 7) is 5.97. The van der Waals surface area contributed by atoms with Crippen molar-refractivity contribution in [2.24, 2.45) is 0 Å². The van der Waals surface area contributed by atoms with Gasteiger partial charge >= 0.3 is 0 Å². The summed E-state index contributed by atoms with van der Waals surface area (Å²) in [6.07, 6.45) is 8.70. The normalized spacial score (nSPS) is 14.5. The van der Waals surface area contributed by atoms with Gasteiger partial charge in [0.2, 0.25) is 5.95 Å². The lowest BCUT2D eigenvalue weighted by molar-refractivity contribution is 0.0903. The Morgan fingerprint density at radius 3 is 2.67 bits per heavy atom. The molecule has 0 aliphatic carbocycles. The van der Waals surface area contributed by atoms with Crippen molar-refractivity contribution in [1.29, 1.82) is 0 Å². The van der Waals surface area contributed by atoms with E-state index >= 15 is 0 Å². The number of nitrogens with zero attached hydrogens (tertiary/aromatic N) is 5. The molecule has 33 heavy (non-hydrogen) atoms. The molecule has 0 radical (unpaired) electrons. The Hall–Kier alpha value is -3.65. The van der Waals surface area contributed by atoms with E-state index in [1.165, 1.54) is 0 Å². The molecular weight excluding hydrogens is 416 g/mol. The Balaban J connectivity index is 1.54. The molecule has 4 heterocycles. The molecule has 8 nitrogen and oxygen atoms in total. The Kier molecular flexibility index (Phi) is 5.83. The van der Waals surface area contributed by atoms with Crippen LogP contribution in [0.1, 0.15) is 25.3 Å². The number of nitrogens with one attached hydrogen (secondary N) is 1. The van der Waals surface area contributed by atoms with Gasteiger partial charge in [0.05, 0.1) is 11.9 Å². The van der Waals surface area contributed by atoms with Crippen molar-refractivity contribution in [3.05, 3.63) is 65.0 Å². The summed E-state index contributed by atoms with van der Waals surface area (Å²) in [5, 5.41) is 4.23. The molecule has 0 amide bonds. The number of ether oxygens (including phenoxy) is 1. The molecular formula is C25H26N6O2. The third kappa shape index (κ3) is 4.21. The first-order chi connectivity index (χ1) is 16.1. The molecule has 1 aliphatic heterocycles. The number of fused-ring (bicyclic) bond motifs is 1. The van der Waals surface area contributed by atoms with Gasteiger partial charge in [0.15, 0.2) is 0 Å². The third-order valence-corrected chi connectivity index (χ3v) is 6.07. The highest BCUT2D eigenvalue weighted by atomic mass is 16.5. The molecule has 0 bridgehead atoms. The molecule has 0 spiro atoms. The number of rotatable bonds is 5. The fourth-order valence-corrected chi connectivity index (χ4v) is 4.31. The summed E-state index contributed by atoms with van der Waals surface area (Å²) in [7, 11) is 0. The summed E-state index contributed by atoms with van der Waals surface area (Å²) in [6, 6.07) is 8.17. The van der Waals surface area contributed by atoms with E-state index in [1.807, 2.05) is 38.1 Å². The molecule has 1 aromatic carbocycles. The van der Waals surface area contributed by atoms with Crippen molar-refractivity contribution in [1.82, 2.24) is 24.5 Å². The summed E-state index contributed by atoms with van der Waals surface area (Å²) < 4.78 is 7.14. The first-order valence-corrected chi connectivity index (χ1v) is 11.3. The Bertz CT molecular complexity index is 1350. The maximum Gasteiger partial charge on any atom is 0.260 e. The maximum absolute atomic E-state index is 13.5. The number of hydrogen-bond acceptors (Lipinski definition) is 7. The molecule has 8 heteroatoms. The number of aromatic nitrogens is 5. The van der Waals surface area contributed by atoms with Crippen LogP contribution in [0.25, 0.3) is 33.4 Å². The van der Waals surface area contributed by atoms with E-state index in [-0.39, 0.29) is 11.6 Å². The molecule has 5 rings (SSSR count). The molecule has 1 fully saturated rings. The van der Waals surface area contributed by atoms with E-state index in [2.05, 4.69) is 20.3 Å². The molecule has 0 atom stereocenters. The lowest BCUT2D eigenvalue weighted by Crippen LogP contribution is -2.29. The lowest BCUT2D eigenvalue weighted by Gasteiger charge is -2.23. The standard InChI is InChI=1S/C25H26N6O2/c1-3-31-23-18(14-28-25(30-23)29-19-6-10-33-11-7-19)13-21(24(31)32)20-5-4-17(12-16(20)2)22-15-26-8-9-27-22/h4-5,8-9,12-15,19H,3,6-7,10-11H2,1-2H3,(H,28,29,30). The predicted molar refractivity (Wildman–Crippen MR) is 128 cm³/mol. The highest BCUT2D eigenvalue weighted by Gasteiger charge is 2.17. The minimum Gasteiger partial charge on any atom is -0.381 e. The predicted octanol–water partition coefficient (Wildman–Crippen LogP) is 3.83. The summed E-state index contributed by atoms with van der Waals surface area (Å²) >= 11 is 0. The minimum absolute atomic E-state index is 0.0592. The molecule has 0 unspecified atom stereocenters. The van der Waals surface area contributed by atoms with Gasteiger partial charge in [-0.25, -0.2) is 4.98 Å². The van der Waals surface area contributed by atoms with E-state index in [9.17, 15) is 4.79 Å². The Morgan fingerprint density at radius 1 is 1.09 bits per heavy atom. The van der Waals surface area contributed by atoms with E-state index in [0.717, 1.165) is 53.8 Å². The van der Waals surface area contributed by atoms with E-state index in [4.69, 9.17) is 9.72 Å². The number of pyridine rings is 1. The number of anilines is 1. The summed E-state index contributed by atoms with van der Waals surface area (Å²) in [4.78, 5) is 31.2. The van der Waals surface area contributed by atoms with Crippen LogP contribution in [0, 0.1) is 6.92 Å². The molecule has 1 aliphatic rings. The van der Waals surface area contributed by atoms with Crippen LogP contribution >= 0.6 is 0 Å². The van der Waals surface area contributed by atoms with Gasteiger partial charge in [-0.15, -0.1) is 0 Å². The summed E-state index contributed by atoms with van der Waals surface area (Å²) in [5.74, 6) is 0.549. The van der Waals surface area contributed by atoms with Crippen LogP contribution in [0.3, 0.4) is 0 Å². The first-order valence-electron chi connectivity index (χ1n) is 11.3. The maximum atomic E-state index is 13.5. The zero-order chi connectivity index (χ0) is 22.8. The smallest absolute Gasteiger partial charge is 0.260 e. The second-order valence-corrected chi connectivity index (χ2v) is 8.23. The van der Waals surface area contributed by atoms with E-state index < -0.39 is 0 Å². The van der Waals surface area contributed by atoms with Gasteiger partial charge in [0, 0.05) is 60.9 Å². The van der Waals surface area contributed by atoms with Crippen LogP contribution in [-0.4, -0.2) is 43.8 Å². The van der Waals surface area contributed by atoms with Gasteiger partial charge in [-0.3, -0.25) is 19.3 Å². The van der Waals surface area contributed by atoms with Crippen LogP contribution in [-0.2, 0) is 11.3 Å². The van der Waals surface area contributed by atoms with E-state index in [0.29, 0.717) is 23.7 Å². The SMILES string of the molecule is CCn1c(=O)c(-c2ccc(-c3cnccn3)cc2C)cc2cnc(NC3CCOCC3)nc21. The molecule has 3 aromatic heterocycles. The lowest BCUT2D eigenvalue weighted by atomic mass is 9.97.